The molecule has 4 rings (SSSR count). The minimum Gasteiger partial charge on any atom is -0.326 e. The smallest absolute Gasteiger partial charge is 0.239 e. The van der Waals surface area contributed by atoms with Gasteiger partial charge in [0, 0.05) is 6.54 Å². The summed E-state index contributed by atoms with van der Waals surface area (Å²) in [5.41, 5.74) is 9.25. The highest BCUT2D eigenvalue weighted by Crippen LogP contribution is 2.38. The molecule has 6 N–H and O–H groups in total. The Hall–Kier alpha value is -2.66. The van der Waals surface area contributed by atoms with Gasteiger partial charge in [-0.05, 0) is 65.7 Å². The van der Waals surface area contributed by atoms with Crippen molar-refractivity contribution in [2.75, 3.05) is 13.1 Å². The van der Waals surface area contributed by atoms with E-state index in [0.717, 1.165) is 37.1 Å². The molecule has 0 radical (unpaired) electrons. The second-order valence-corrected chi connectivity index (χ2v) is 9.05. The number of nitrogens with one attached hydrogen (secondary N) is 2. The quantitative estimate of drug-likeness (QED) is 0.461. The van der Waals surface area contributed by atoms with Gasteiger partial charge in [0.1, 0.15) is 0 Å². The van der Waals surface area contributed by atoms with Crippen LogP contribution < -0.4 is 16.2 Å². The zero-order chi connectivity index (χ0) is 21.1. The molecule has 1 aromatic heterocycles. The number of tetrazole rings is 1. The van der Waals surface area contributed by atoms with E-state index in [1.165, 1.54) is 0 Å². The van der Waals surface area contributed by atoms with Crippen molar-refractivity contribution in [3.8, 4) is 22.5 Å². The highest BCUT2D eigenvalue weighted by Gasteiger charge is 2.28. The Morgan fingerprint density at radius 1 is 1.07 bits per heavy atom. The maximum absolute atomic E-state index is 12.8. The number of nitrogens with zero attached hydrogens (tertiary/aromatic N) is 3. The number of hydrogen-bond acceptors (Lipinski definition) is 7. The van der Waals surface area contributed by atoms with E-state index >= 15 is 0 Å². The Bertz CT molecular complexity index is 1110. The number of nitrogens with two attached hydrogens (primary N) is 2. The molecule has 9 nitrogen and oxygen atoms in total. The van der Waals surface area contributed by atoms with E-state index in [4.69, 9.17) is 10.9 Å². The molecule has 0 aliphatic carbocycles. The molecule has 158 valence electrons. The third kappa shape index (κ3) is 4.26. The first-order chi connectivity index (χ1) is 14.5. The zero-order valence-corrected chi connectivity index (χ0v) is 17.3. The van der Waals surface area contributed by atoms with Crippen LogP contribution in [0.4, 0.5) is 0 Å². The predicted octanol–water partition coefficient (Wildman–Crippen LogP) is 1.18. The largest absolute Gasteiger partial charge is 0.326 e. The predicted molar refractivity (Wildman–Crippen MR) is 114 cm³/mol. The monoisotopic (exact) mass is 427 g/mol. The van der Waals surface area contributed by atoms with Crippen LogP contribution in [-0.2, 0) is 23.0 Å². The minimum absolute atomic E-state index is 0.0721. The highest BCUT2D eigenvalue weighted by atomic mass is 32.2. The molecule has 1 saturated heterocycles. The maximum atomic E-state index is 12.8. The Kier molecular flexibility index (Phi) is 5.91. The van der Waals surface area contributed by atoms with Gasteiger partial charge in [0.25, 0.3) is 0 Å². The number of sulfonamides is 1. The van der Waals surface area contributed by atoms with E-state index in [1.807, 2.05) is 36.4 Å². The van der Waals surface area contributed by atoms with Crippen molar-refractivity contribution >= 4 is 10.0 Å². The summed E-state index contributed by atoms with van der Waals surface area (Å²) >= 11 is 0. The molecular weight excluding hydrogens is 402 g/mol. The fraction of sp³-hybridized carbons (Fsp3) is 0.350. The van der Waals surface area contributed by atoms with Crippen molar-refractivity contribution in [3.63, 3.8) is 0 Å². The number of aromatic amines is 1. The summed E-state index contributed by atoms with van der Waals surface area (Å²) in [5.74, 6) is 0.587. The lowest BCUT2D eigenvalue weighted by atomic mass is 9.88. The van der Waals surface area contributed by atoms with Gasteiger partial charge in [-0.1, -0.05) is 36.4 Å². The normalized spacial score (nSPS) is 15.4. The van der Waals surface area contributed by atoms with Crippen molar-refractivity contribution in [3.05, 3.63) is 47.5 Å². The first kappa shape index (κ1) is 20.6. The molecule has 0 saturated carbocycles. The van der Waals surface area contributed by atoms with Gasteiger partial charge in [-0.2, -0.15) is 5.21 Å². The lowest BCUT2D eigenvalue weighted by molar-refractivity contribution is 0.371. The topological polar surface area (TPSA) is 153 Å². The molecule has 1 aliphatic heterocycles. The Labute approximate surface area is 175 Å². The number of primary sulfonamides is 1. The van der Waals surface area contributed by atoms with E-state index in [2.05, 4.69) is 25.9 Å². The number of aromatic nitrogens is 4. The summed E-state index contributed by atoms with van der Waals surface area (Å²) < 4.78 is 25.5. The first-order valence-electron chi connectivity index (χ1n) is 9.90. The summed E-state index contributed by atoms with van der Waals surface area (Å²) in [6.45, 7) is 2.28. The number of hydrogen-bond donors (Lipinski definition) is 4. The third-order valence-electron chi connectivity index (χ3n) is 5.56. The van der Waals surface area contributed by atoms with Crippen molar-refractivity contribution in [1.82, 2.24) is 25.9 Å². The van der Waals surface area contributed by atoms with Crippen molar-refractivity contribution in [1.29, 1.82) is 0 Å². The molecule has 0 bridgehead atoms. The Morgan fingerprint density at radius 3 is 2.40 bits per heavy atom. The summed E-state index contributed by atoms with van der Waals surface area (Å²) in [7, 11) is -4.04. The van der Waals surface area contributed by atoms with Gasteiger partial charge in [0.05, 0.1) is 10.5 Å². The molecular formula is C20H25N7O2S. The van der Waals surface area contributed by atoms with Crippen LogP contribution in [0.1, 0.15) is 24.0 Å². The van der Waals surface area contributed by atoms with Crippen molar-refractivity contribution in [2.45, 2.75) is 30.7 Å². The molecule has 0 spiro atoms. The van der Waals surface area contributed by atoms with Gasteiger partial charge in [-0.3, -0.25) is 0 Å². The lowest BCUT2D eigenvalue weighted by Gasteiger charge is -2.24. The van der Waals surface area contributed by atoms with Crippen LogP contribution in [-0.4, -0.2) is 42.1 Å². The second-order valence-electron chi connectivity index (χ2n) is 7.56. The molecule has 30 heavy (non-hydrogen) atoms. The van der Waals surface area contributed by atoms with Crippen molar-refractivity contribution < 1.29 is 8.42 Å². The molecule has 3 aromatic rings. The van der Waals surface area contributed by atoms with Crippen LogP contribution >= 0.6 is 0 Å². The van der Waals surface area contributed by atoms with Crippen LogP contribution in [0.25, 0.3) is 22.5 Å². The molecule has 0 unspecified atom stereocenters. The van der Waals surface area contributed by atoms with E-state index in [9.17, 15) is 8.42 Å². The molecule has 1 fully saturated rings. The molecule has 2 heterocycles. The summed E-state index contributed by atoms with van der Waals surface area (Å²) in [5, 5.41) is 23.2. The van der Waals surface area contributed by atoms with Crippen LogP contribution in [0.2, 0.25) is 0 Å². The average Bonchev–Trinajstić information content (AvgIpc) is 3.28. The second kappa shape index (κ2) is 8.60. The van der Waals surface area contributed by atoms with Crippen LogP contribution in [0.15, 0.2) is 41.3 Å². The first-order valence-corrected chi connectivity index (χ1v) is 11.4. The standard InChI is InChI=1S/C20H25N7O2S/c21-12-14-1-3-15(4-2-14)17-6-5-16(11-13-7-9-23-10-8-13)19(30(22,28)29)18(17)20-24-26-27-25-20/h1-6,13,23H,7-12,21H2,(H2,22,28,29)(H,24,25,26,27). The van der Waals surface area contributed by atoms with Crippen LogP contribution in [0, 0.1) is 5.92 Å². The number of benzene rings is 2. The van der Waals surface area contributed by atoms with Gasteiger partial charge in [-0.25, -0.2) is 13.6 Å². The Morgan fingerprint density at radius 2 is 1.80 bits per heavy atom. The molecule has 1 aliphatic rings. The van der Waals surface area contributed by atoms with Crippen molar-refractivity contribution in [2.24, 2.45) is 16.8 Å². The van der Waals surface area contributed by atoms with E-state index in [1.54, 1.807) is 0 Å². The van der Waals surface area contributed by atoms with Crippen LogP contribution in [0.5, 0.6) is 0 Å². The summed E-state index contributed by atoms with van der Waals surface area (Å²) in [4.78, 5) is 0.0721. The number of H-pyrrole nitrogens is 1. The fourth-order valence-corrected chi connectivity index (χ4v) is 5.06. The molecule has 2 aromatic carbocycles. The highest BCUT2D eigenvalue weighted by molar-refractivity contribution is 7.89. The van der Waals surface area contributed by atoms with Gasteiger partial charge in [0.2, 0.25) is 15.8 Å². The zero-order valence-electron chi connectivity index (χ0n) is 16.5. The lowest BCUT2D eigenvalue weighted by Crippen LogP contribution is -2.29. The molecule has 0 amide bonds. The van der Waals surface area contributed by atoms with Gasteiger partial charge in [0.15, 0.2) is 0 Å². The van der Waals surface area contributed by atoms with E-state index < -0.39 is 10.0 Å². The van der Waals surface area contributed by atoms with Gasteiger partial charge < -0.3 is 11.1 Å². The minimum atomic E-state index is -4.04. The van der Waals surface area contributed by atoms with E-state index in [-0.39, 0.29) is 10.7 Å². The number of piperidine rings is 1. The summed E-state index contributed by atoms with van der Waals surface area (Å²) in [6.07, 6.45) is 2.61. The molecule has 10 heteroatoms. The van der Waals surface area contributed by atoms with E-state index in [0.29, 0.717) is 35.6 Å². The Balaban J connectivity index is 1.90. The molecule has 0 atom stereocenters. The average molecular weight is 428 g/mol. The third-order valence-corrected chi connectivity index (χ3v) is 6.60. The SMILES string of the molecule is NCc1ccc(-c2ccc(CC3CCNCC3)c(S(N)(=O)=O)c2-c2nn[nH]n2)cc1. The summed E-state index contributed by atoms with van der Waals surface area (Å²) in [6, 6.07) is 11.4. The van der Waals surface area contributed by atoms with Crippen LogP contribution in [0.3, 0.4) is 0 Å². The number of rotatable bonds is 6. The fourth-order valence-electron chi connectivity index (χ4n) is 4.06. The van der Waals surface area contributed by atoms with Gasteiger partial charge in [-0.15, -0.1) is 10.2 Å². The van der Waals surface area contributed by atoms with Gasteiger partial charge >= 0.3 is 0 Å². The maximum Gasteiger partial charge on any atom is 0.239 e.